The van der Waals surface area contributed by atoms with Gasteiger partial charge in [-0.2, -0.15) is 17.5 Å². The summed E-state index contributed by atoms with van der Waals surface area (Å²) in [6.45, 7) is 0.202. The molecule has 13 heteroatoms. The van der Waals surface area contributed by atoms with Crippen molar-refractivity contribution in [3.05, 3.63) is 71.8 Å². The van der Waals surface area contributed by atoms with Crippen LogP contribution in [-0.4, -0.2) is 57.3 Å². The molecule has 1 saturated heterocycles. The van der Waals surface area contributed by atoms with E-state index in [1.165, 1.54) is 42.2 Å². The number of rotatable bonds is 8. The first-order valence-electron chi connectivity index (χ1n) is 12.1. The van der Waals surface area contributed by atoms with E-state index in [1.807, 2.05) is 0 Å². The first-order valence-corrected chi connectivity index (χ1v) is 13.6. The summed E-state index contributed by atoms with van der Waals surface area (Å²) in [6, 6.07) is 14.3. The van der Waals surface area contributed by atoms with Crippen LogP contribution in [-0.2, 0) is 16.2 Å². The van der Waals surface area contributed by atoms with Gasteiger partial charge in [0.15, 0.2) is 11.5 Å². The van der Waals surface area contributed by atoms with Gasteiger partial charge in [-0.1, -0.05) is 24.3 Å². The van der Waals surface area contributed by atoms with E-state index in [2.05, 4.69) is 0 Å². The molecule has 0 atom stereocenters. The summed E-state index contributed by atoms with van der Waals surface area (Å²) < 4.78 is 83.7. The lowest BCUT2D eigenvalue weighted by Crippen LogP contribution is -2.42. The van der Waals surface area contributed by atoms with Crippen LogP contribution >= 0.6 is 0 Å². The number of halogens is 3. The molecule has 1 aliphatic heterocycles. The molecule has 2 N–H and O–H groups in total. The lowest BCUT2D eigenvalue weighted by atomic mass is 10.0. The number of nitrogens with one attached hydrogen (secondary N) is 1. The largest absolute Gasteiger partial charge is 0.493 e. The summed E-state index contributed by atoms with van der Waals surface area (Å²) in [6.07, 6.45) is -4.04. The Morgan fingerprint density at radius 1 is 0.975 bits per heavy atom. The molecule has 0 bridgehead atoms. The number of methoxy groups -OCH3 is 2. The Bertz CT molecular complexity index is 1470. The highest BCUT2D eigenvalue weighted by molar-refractivity contribution is 7.89. The molecule has 1 heterocycles. The molecule has 40 heavy (non-hydrogen) atoms. The minimum absolute atomic E-state index is 0.101. The van der Waals surface area contributed by atoms with E-state index >= 15 is 0 Å². The van der Waals surface area contributed by atoms with Gasteiger partial charge in [0, 0.05) is 13.1 Å². The molecular formula is C27H27F3N2O7S. The van der Waals surface area contributed by atoms with E-state index in [1.54, 1.807) is 30.3 Å². The molecule has 9 nitrogen and oxygen atoms in total. The fourth-order valence-electron chi connectivity index (χ4n) is 4.52. The van der Waals surface area contributed by atoms with Crippen molar-refractivity contribution >= 4 is 15.9 Å². The molecule has 3 aromatic carbocycles. The summed E-state index contributed by atoms with van der Waals surface area (Å²) in [5.41, 5.74) is 1.35. The van der Waals surface area contributed by atoms with Crippen LogP contribution in [0.2, 0.25) is 0 Å². The number of nitrogens with zero attached hydrogens (tertiary/aromatic N) is 1. The van der Waals surface area contributed by atoms with Crippen molar-refractivity contribution in [3.63, 3.8) is 0 Å². The fourth-order valence-corrected chi connectivity index (χ4v) is 6.17. The molecule has 214 valence electrons. The molecule has 3 aromatic rings. The second-order valence-corrected chi connectivity index (χ2v) is 10.8. The first kappa shape index (κ1) is 29.2. The topological polar surface area (TPSA) is 114 Å². The number of sulfonamides is 1. The highest BCUT2D eigenvalue weighted by Gasteiger charge is 2.35. The monoisotopic (exact) mass is 580 g/mol. The number of ether oxygens (including phenoxy) is 3. The highest BCUT2D eigenvalue weighted by Crippen LogP contribution is 2.37. The normalized spacial score (nSPS) is 14.9. The van der Waals surface area contributed by atoms with Crippen LogP contribution in [0.5, 0.6) is 17.2 Å². The van der Waals surface area contributed by atoms with Gasteiger partial charge in [-0.25, -0.2) is 13.9 Å². The van der Waals surface area contributed by atoms with Gasteiger partial charge in [0.1, 0.15) is 17.4 Å². The van der Waals surface area contributed by atoms with E-state index < -0.39 is 27.7 Å². The van der Waals surface area contributed by atoms with Crippen LogP contribution in [0.25, 0.3) is 11.1 Å². The zero-order valence-corrected chi connectivity index (χ0v) is 22.4. The Labute approximate surface area is 229 Å². The van der Waals surface area contributed by atoms with Gasteiger partial charge in [0.05, 0.1) is 24.7 Å². The van der Waals surface area contributed by atoms with E-state index in [0.717, 1.165) is 12.1 Å². The third kappa shape index (κ3) is 6.01. The quantitative estimate of drug-likeness (QED) is 0.292. The zero-order valence-electron chi connectivity index (χ0n) is 21.6. The maximum absolute atomic E-state index is 13.5. The standard InChI is InChI=1S/C27H27F3N2O7S/c1-37-22-10-11-23(24(25(22)38-2)26(33)31-34)40(35,36)32-14-12-21(13-15-32)39-20-8-6-17(7-9-20)18-4-3-5-19(16-18)27(28,29)30/h3-11,16,21,34H,12-15H2,1-2H3,(H,31,33). The maximum atomic E-state index is 13.5. The molecule has 4 rings (SSSR count). The van der Waals surface area contributed by atoms with Crippen LogP contribution in [0.1, 0.15) is 28.8 Å². The van der Waals surface area contributed by atoms with Gasteiger partial charge in [0.2, 0.25) is 10.0 Å². The van der Waals surface area contributed by atoms with Crippen molar-refractivity contribution in [2.45, 2.75) is 30.0 Å². The van der Waals surface area contributed by atoms with Gasteiger partial charge in [0.25, 0.3) is 5.91 Å². The van der Waals surface area contributed by atoms with E-state index in [0.29, 0.717) is 29.7 Å². The van der Waals surface area contributed by atoms with Crippen LogP contribution < -0.4 is 19.7 Å². The van der Waals surface area contributed by atoms with Crippen LogP contribution in [0, 0.1) is 0 Å². The molecule has 0 saturated carbocycles. The second-order valence-electron chi connectivity index (χ2n) is 8.94. The summed E-state index contributed by atoms with van der Waals surface area (Å²) in [4.78, 5) is 12.0. The lowest BCUT2D eigenvalue weighted by molar-refractivity contribution is -0.137. The van der Waals surface area contributed by atoms with Crippen LogP contribution in [0.3, 0.4) is 0 Å². The van der Waals surface area contributed by atoms with Gasteiger partial charge in [-0.15, -0.1) is 0 Å². The molecule has 0 unspecified atom stereocenters. The number of hydrogen-bond donors (Lipinski definition) is 2. The molecule has 0 spiro atoms. The van der Waals surface area contributed by atoms with Gasteiger partial charge in [-0.3, -0.25) is 10.0 Å². The van der Waals surface area contributed by atoms with Gasteiger partial charge in [-0.05, 0) is 60.4 Å². The minimum Gasteiger partial charge on any atom is -0.493 e. The predicted molar refractivity (Wildman–Crippen MR) is 138 cm³/mol. The van der Waals surface area contributed by atoms with Gasteiger partial charge < -0.3 is 14.2 Å². The molecule has 1 fully saturated rings. The smallest absolute Gasteiger partial charge is 0.416 e. The third-order valence-electron chi connectivity index (χ3n) is 6.54. The number of alkyl halides is 3. The molecule has 0 aliphatic carbocycles. The van der Waals surface area contributed by atoms with Crippen molar-refractivity contribution in [2.24, 2.45) is 0 Å². The molecule has 1 aliphatic rings. The average Bonchev–Trinajstić information content (AvgIpc) is 2.96. The first-order chi connectivity index (χ1) is 19.0. The van der Waals surface area contributed by atoms with E-state index in [9.17, 15) is 31.6 Å². The number of hydrogen-bond acceptors (Lipinski definition) is 7. The van der Waals surface area contributed by atoms with E-state index in [4.69, 9.17) is 14.2 Å². The second kappa shape index (κ2) is 11.7. The van der Waals surface area contributed by atoms with Crippen molar-refractivity contribution in [2.75, 3.05) is 27.3 Å². The predicted octanol–water partition coefficient (Wildman–Crippen LogP) is 4.74. The summed E-state index contributed by atoms with van der Waals surface area (Å²) >= 11 is 0. The summed E-state index contributed by atoms with van der Waals surface area (Å²) in [7, 11) is -1.58. The van der Waals surface area contributed by atoms with E-state index in [-0.39, 0.29) is 41.2 Å². The number of piperidine rings is 1. The SMILES string of the molecule is COc1ccc(S(=O)(=O)N2CCC(Oc3ccc(-c4cccc(C(F)(F)F)c4)cc3)CC2)c(C(=O)NO)c1OC. The summed E-state index contributed by atoms with van der Waals surface area (Å²) in [5, 5.41) is 9.21. The molecule has 0 aromatic heterocycles. The third-order valence-corrected chi connectivity index (χ3v) is 8.48. The zero-order chi connectivity index (χ0) is 29.1. The Morgan fingerprint density at radius 2 is 1.65 bits per heavy atom. The van der Waals surface area contributed by atoms with Crippen molar-refractivity contribution < 1.29 is 45.8 Å². The van der Waals surface area contributed by atoms with Gasteiger partial charge >= 0.3 is 6.18 Å². The molecule has 1 amide bonds. The van der Waals surface area contributed by atoms with Crippen molar-refractivity contribution in [1.29, 1.82) is 0 Å². The highest BCUT2D eigenvalue weighted by atomic mass is 32.2. The Hall–Kier alpha value is -3.81. The Morgan fingerprint density at radius 3 is 2.23 bits per heavy atom. The fraction of sp³-hybridized carbons (Fsp3) is 0.296. The van der Waals surface area contributed by atoms with Crippen LogP contribution in [0.15, 0.2) is 65.6 Å². The molecule has 0 radical (unpaired) electrons. The number of amides is 1. The van der Waals surface area contributed by atoms with Crippen molar-refractivity contribution in [3.8, 4) is 28.4 Å². The number of carbonyl (C=O) groups is 1. The van der Waals surface area contributed by atoms with Crippen LogP contribution in [0.4, 0.5) is 13.2 Å². The average molecular weight is 581 g/mol. The number of carbonyl (C=O) groups excluding carboxylic acids is 1. The van der Waals surface area contributed by atoms with Crippen molar-refractivity contribution in [1.82, 2.24) is 9.79 Å². The summed E-state index contributed by atoms with van der Waals surface area (Å²) in [5.74, 6) is -0.590. The maximum Gasteiger partial charge on any atom is 0.416 e. The Balaban J connectivity index is 1.45. The minimum atomic E-state index is -4.44. The lowest BCUT2D eigenvalue weighted by Gasteiger charge is -2.32. The molecular weight excluding hydrogens is 553 g/mol. The number of hydroxylamine groups is 1. The Kier molecular flexibility index (Phi) is 8.57. The number of benzene rings is 3.